The van der Waals surface area contributed by atoms with Crippen molar-refractivity contribution in [2.75, 3.05) is 11.5 Å². The molecule has 0 aliphatic carbocycles. The molecule has 0 radical (unpaired) electrons. The minimum Gasteiger partial charge on any atom is -0.398 e. The highest BCUT2D eigenvalue weighted by atomic mass is 32.2. The van der Waals surface area contributed by atoms with Gasteiger partial charge in [-0.1, -0.05) is 36.4 Å². The summed E-state index contributed by atoms with van der Waals surface area (Å²) < 4.78 is 0. The van der Waals surface area contributed by atoms with Gasteiger partial charge in [0.15, 0.2) is 0 Å². The molecule has 0 atom stereocenters. The minimum absolute atomic E-state index is 0.883. The van der Waals surface area contributed by atoms with Crippen LogP contribution in [-0.2, 0) is 6.42 Å². The van der Waals surface area contributed by atoms with Gasteiger partial charge in [-0.2, -0.15) is 0 Å². The number of benzene rings is 2. The zero-order valence-corrected chi connectivity index (χ0v) is 10.8. The van der Waals surface area contributed by atoms with Crippen LogP contribution in [0.3, 0.4) is 0 Å². The van der Waals surface area contributed by atoms with Crippen molar-refractivity contribution in [3.05, 3.63) is 59.7 Å². The maximum atomic E-state index is 5.95. The average molecular weight is 243 g/mol. The van der Waals surface area contributed by atoms with E-state index in [1.165, 1.54) is 16.0 Å². The van der Waals surface area contributed by atoms with E-state index >= 15 is 0 Å². The van der Waals surface area contributed by atoms with Crippen LogP contribution in [0.4, 0.5) is 5.69 Å². The summed E-state index contributed by atoms with van der Waals surface area (Å²) in [6.45, 7) is 2.10. The molecule has 2 heteroatoms. The Bertz CT molecular complexity index is 480. The zero-order valence-electron chi connectivity index (χ0n) is 10.0. The van der Waals surface area contributed by atoms with Crippen molar-refractivity contribution in [2.45, 2.75) is 18.2 Å². The van der Waals surface area contributed by atoms with Crippen molar-refractivity contribution < 1.29 is 0 Å². The SMILES string of the molecule is Cc1ccc(N)c(SCCc2ccccc2)c1. The third-order valence-corrected chi connectivity index (χ3v) is 3.73. The molecular weight excluding hydrogens is 226 g/mol. The van der Waals surface area contributed by atoms with Gasteiger partial charge in [-0.25, -0.2) is 0 Å². The van der Waals surface area contributed by atoms with E-state index in [0.717, 1.165) is 17.9 Å². The lowest BCUT2D eigenvalue weighted by Crippen LogP contribution is -1.92. The first-order valence-corrected chi connectivity index (χ1v) is 6.77. The first kappa shape index (κ1) is 12.1. The van der Waals surface area contributed by atoms with E-state index in [4.69, 9.17) is 5.73 Å². The van der Waals surface area contributed by atoms with Crippen LogP contribution >= 0.6 is 11.8 Å². The molecule has 17 heavy (non-hydrogen) atoms. The normalized spacial score (nSPS) is 10.4. The maximum Gasteiger partial charge on any atom is 0.0452 e. The third kappa shape index (κ3) is 3.53. The Labute approximate surface area is 107 Å². The van der Waals surface area contributed by atoms with Crippen LogP contribution in [0.15, 0.2) is 53.4 Å². The van der Waals surface area contributed by atoms with Gasteiger partial charge in [-0.05, 0) is 36.6 Å². The van der Waals surface area contributed by atoms with Gasteiger partial charge in [-0.3, -0.25) is 0 Å². The number of thioether (sulfide) groups is 1. The molecule has 0 heterocycles. The molecule has 0 saturated carbocycles. The summed E-state index contributed by atoms with van der Waals surface area (Å²) >= 11 is 1.83. The van der Waals surface area contributed by atoms with Crippen LogP contribution in [0.1, 0.15) is 11.1 Å². The minimum atomic E-state index is 0.883. The van der Waals surface area contributed by atoms with E-state index in [-0.39, 0.29) is 0 Å². The fourth-order valence-electron chi connectivity index (χ4n) is 1.69. The first-order valence-electron chi connectivity index (χ1n) is 5.78. The van der Waals surface area contributed by atoms with Crippen LogP contribution < -0.4 is 5.73 Å². The van der Waals surface area contributed by atoms with Crippen LogP contribution in [0.25, 0.3) is 0 Å². The largest absolute Gasteiger partial charge is 0.398 e. The van der Waals surface area contributed by atoms with E-state index in [9.17, 15) is 0 Å². The zero-order chi connectivity index (χ0) is 12.1. The fourth-order valence-corrected chi connectivity index (χ4v) is 2.75. The number of rotatable bonds is 4. The Morgan fingerprint density at radius 1 is 1.06 bits per heavy atom. The second kappa shape index (κ2) is 5.78. The molecule has 0 amide bonds. The number of anilines is 1. The number of aryl methyl sites for hydroxylation is 2. The van der Waals surface area contributed by atoms with E-state index in [1.807, 2.05) is 17.8 Å². The van der Waals surface area contributed by atoms with Crippen molar-refractivity contribution in [1.29, 1.82) is 0 Å². The highest BCUT2D eigenvalue weighted by Gasteiger charge is 2.00. The number of nitrogen functional groups attached to an aromatic ring is 1. The van der Waals surface area contributed by atoms with Gasteiger partial charge in [0, 0.05) is 16.3 Å². The monoisotopic (exact) mass is 243 g/mol. The molecule has 1 nitrogen and oxygen atoms in total. The van der Waals surface area contributed by atoms with Gasteiger partial charge in [-0.15, -0.1) is 11.8 Å². The molecule has 88 valence electrons. The molecule has 2 rings (SSSR count). The Morgan fingerprint density at radius 2 is 1.82 bits per heavy atom. The van der Waals surface area contributed by atoms with E-state index < -0.39 is 0 Å². The second-order valence-electron chi connectivity index (χ2n) is 4.13. The Balaban J connectivity index is 1.92. The summed E-state index contributed by atoms with van der Waals surface area (Å²) in [5, 5.41) is 0. The standard InChI is InChI=1S/C15H17NS/c1-12-7-8-14(16)15(11-12)17-10-9-13-5-3-2-4-6-13/h2-8,11H,9-10,16H2,1H3. The van der Waals surface area contributed by atoms with Crippen LogP contribution in [0.5, 0.6) is 0 Å². The van der Waals surface area contributed by atoms with Crippen LogP contribution in [0.2, 0.25) is 0 Å². The summed E-state index contributed by atoms with van der Waals surface area (Å²) in [6, 6.07) is 16.7. The summed E-state index contributed by atoms with van der Waals surface area (Å²) in [5.41, 5.74) is 9.48. The third-order valence-electron chi connectivity index (χ3n) is 2.66. The fraction of sp³-hybridized carbons (Fsp3) is 0.200. The number of hydrogen-bond acceptors (Lipinski definition) is 2. The molecule has 0 aromatic heterocycles. The highest BCUT2D eigenvalue weighted by Crippen LogP contribution is 2.26. The van der Waals surface area contributed by atoms with Gasteiger partial charge >= 0.3 is 0 Å². The second-order valence-corrected chi connectivity index (χ2v) is 5.26. The van der Waals surface area contributed by atoms with Crippen molar-refractivity contribution in [1.82, 2.24) is 0 Å². The predicted molar refractivity (Wildman–Crippen MR) is 76.5 cm³/mol. The summed E-state index contributed by atoms with van der Waals surface area (Å²) in [7, 11) is 0. The molecule has 0 unspecified atom stereocenters. The van der Waals surface area contributed by atoms with E-state index in [0.29, 0.717) is 0 Å². The molecule has 2 aromatic rings. The Morgan fingerprint density at radius 3 is 2.59 bits per heavy atom. The molecular formula is C15H17NS. The van der Waals surface area contributed by atoms with Gasteiger partial charge in [0.05, 0.1) is 0 Å². The van der Waals surface area contributed by atoms with Crippen molar-refractivity contribution >= 4 is 17.4 Å². The average Bonchev–Trinajstić information content (AvgIpc) is 2.35. The quantitative estimate of drug-likeness (QED) is 0.651. The highest BCUT2D eigenvalue weighted by molar-refractivity contribution is 7.99. The predicted octanol–water partition coefficient (Wildman–Crippen LogP) is 3.91. The van der Waals surface area contributed by atoms with E-state index in [1.54, 1.807) is 0 Å². The van der Waals surface area contributed by atoms with Crippen LogP contribution in [0, 0.1) is 6.92 Å². The van der Waals surface area contributed by atoms with Crippen molar-refractivity contribution in [2.24, 2.45) is 0 Å². The lowest BCUT2D eigenvalue weighted by Gasteiger charge is -2.06. The molecule has 0 aliphatic rings. The summed E-state index contributed by atoms with van der Waals surface area (Å²) in [4.78, 5) is 1.20. The van der Waals surface area contributed by atoms with Crippen molar-refractivity contribution in [3.63, 3.8) is 0 Å². The van der Waals surface area contributed by atoms with Crippen LogP contribution in [-0.4, -0.2) is 5.75 Å². The molecule has 2 aromatic carbocycles. The molecule has 0 saturated heterocycles. The van der Waals surface area contributed by atoms with Gasteiger partial charge in [0.25, 0.3) is 0 Å². The molecule has 0 spiro atoms. The number of hydrogen-bond donors (Lipinski definition) is 1. The number of nitrogens with two attached hydrogens (primary N) is 1. The maximum absolute atomic E-state index is 5.95. The van der Waals surface area contributed by atoms with Gasteiger partial charge < -0.3 is 5.73 Å². The van der Waals surface area contributed by atoms with Crippen molar-refractivity contribution in [3.8, 4) is 0 Å². The molecule has 0 aliphatic heterocycles. The Hall–Kier alpha value is -1.41. The lowest BCUT2D eigenvalue weighted by molar-refractivity contribution is 1.15. The summed E-state index contributed by atoms with van der Waals surface area (Å²) in [6.07, 6.45) is 1.08. The first-order chi connectivity index (χ1) is 8.25. The topological polar surface area (TPSA) is 26.0 Å². The van der Waals surface area contributed by atoms with Gasteiger partial charge in [0.2, 0.25) is 0 Å². The van der Waals surface area contributed by atoms with E-state index in [2.05, 4.69) is 49.4 Å². The Kier molecular flexibility index (Phi) is 4.10. The van der Waals surface area contributed by atoms with Gasteiger partial charge in [0.1, 0.15) is 0 Å². The lowest BCUT2D eigenvalue weighted by atomic mass is 10.2. The smallest absolute Gasteiger partial charge is 0.0452 e. The molecule has 2 N–H and O–H groups in total. The summed E-state index contributed by atoms with van der Waals surface area (Å²) in [5.74, 6) is 1.07. The molecule has 0 fully saturated rings. The molecule has 0 bridgehead atoms.